The highest BCUT2D eigenvalue weighted by Crippen LogP contribution is 2.31. The average molecular weight is 511 g/mol. The third-order valence-corrected chi connectivity index (χ3v) is 8.53. The Hall–Kier alpha value is -1.70. The molecular weight excluding hydrogens is 470 g/mol. The second-order valence-corrected chi connectivity index (χ2v) is 11.0. The van der Waals surface area contributed by atoms with Crippen molar-refractivity contribution < 1.29 is 18.4 Å². The van der Waals surface area contributed by atoms with E-state index in [4.69, 9.17) is 5.73 Å². The van der Waals surface area contributed by atoms with Crippen LogP contribution in [0.3, 0.4) is 0 Å². The molecule has 4 saturated heterocycles. The van der Waals surface area contributed by atoms with Gasteiger partial charge in [-0.25, -0.2) is 19.2 Å². The molecule has 0 bridgehead atoms. The average Bonchev–Trinajstić information content (AvgIpc) is 3.19. The number of halogens is 2. The molecule has 0 aromatic heterocycles. The summed E-state index contributed by atoms with van der Waals surface area (Å²) in [5.41, 5.74) is 10.1. The number of carbonyl (C=O) groups is 2. The molecule has 12 heteroatoms. The van der Waals surface area contributed by atoms with Gasteiger partial charge in [-0.1, -0.05) is 11.6 Å². The zero-order valence-electron chi connectivity index (χ0n) is 21.0. The molecule has 5 aliphatic heterocycles. The van der Waals surface area contributed by atoms with E-state index < -0.39 is 42.6 Å². The van der Waals surface area contributed by atoms with Crippen LogP contribution in [0.5, 0.6) is 0 Å². The number of carbonyl (C=O) groups excluding carboxylic acids is 2. The van der Waals surface area contributed by atoms with Crippen LogP contribution in [0.25, 0.3) is 0 Å². The van der Waals surface area contributed by atoms with Crippen LogP contribution in [-0.2, 0) is 9.59 Å². The van der Waals surface area contributed by atoms with Gasteiger partial charge in [-0.3, -0.25) is 14.9 Å². The Labute approximate surface area is 211 Å². The molecule has 10 nitrogen and oxygen atoms in total. The first-order valence-electron chi connectivity index (χ1n) is 13.3. The largest absolute Gasteiger partial charge is 0.351 e. The quantitative estimate of drug-likeness (QED) is 0.291. The first-order valence-corrected chi connectivity index (χ1v) is 13.3. The van der Waals surface area contributed by atoms with E-state index in [1.807, 2.05) is 11.0 Å². The Balaban J connectivity index is 1.22. The van der Waals surface area contributed by atoms with Crippen LogP contribution in [0.1, 0.15) is 19.3 Å². The van der Waals surface area contributed by atoms with Gasteiger partial charge in [0.25, 0.3) is 0 Å². The zero-order chi connectivity index (χ0) is 25.4. The molecule has 6 N–H and O–H groups in total. The summed E-state index contributed by atoms with van der Waals surface area (Å²) in [6, 6.07) is -0.428. The number of likely N-dealkylation sites (tertiary alicyclic amines) is 1. The first-order chi connectivity index (χ1) is 17.3. The van der Waals surface area contributed by atoms with Crippen LogP contribution in [0.4, 0.5) is 8.78 Å². The highest BCUT2D eigenvalue weighted by Gasteiger charge is 2.48. The van der Waals surface area contributed by atoms with E-state index in [0.717, 1.165) is 31.5 Å². The van der Waals surface area contributed by atoms with E-state index in [1.165, 1.54) is 0 Å². The molecular formula is C24H40F2N8O2. The first kappa shape index (κ1) is 25.9. The maximum atomic E-state index is 15.2. The number of hydrogen-bond acceptors (Lipinski definition) is 8. The number of piperidine rings is 2. The summed E-state index contributed by atoms with van der Waals surface area (Å²) in [5.74, 6) is -1.07. The number of hydrazine groups is 1. The Morgan fingerprint density at radius 2 is 1.92 bits per heavy atom. The fourth-order valence-corrected chi connectivity index (χ4v) is 6.47. The van der Waals surface area contributed by atoms with Crippen molar-refractivity contribution in [1.82, 2.24) is 36.2 Å². The van der Waals surface area contributed by atoms with Gasteiger partial charge in [0.05, 0.1) is 24.3 Å². The second kappa shape index (κ2) is 11.0. The maximum absolute atomic E-state index is 15.2. The van der Waals surface area contributed by atoms with Gasteiger partial charge in [-0.15, -0.1) is 0 Å². The lowest BCUT2D eigenvalue weighted by atomic mass is 9.81. The molecule has 202 valence electrons. The highest BCUT2D eigenvalue weighted by atomic mass is 19.1. The van der Waals surface area contributed by atoms with Crippen molar-refractivity contribution in [3.05, 3.63) is 11.6 Å². The summed E-state index contributed by atoms with van der Waals surface area (Å²) < 4.78 is 29.0. The number of nitrogens with two attached hydrogens (primary N) is 1. The van der Waals surface area contributed by atoms with Crippen LogP contribution >= 0.6 is 0 Å². The Bertz CT molecular complexity index is 854. The minimum absolute atomic E-state index is 0.0702. The third-order valence-electron chi connectivity index (χ3n) is 8.53. The van der Waals surface area contributed by atoms with Crippen LogP contribution < -0.4 is 27.1 Å². The molecule has 7 atom stereocenters. The summed E-state index contributed by atoms with van der Waals surface area (Å²) in [4.78, 5) is 30.5. The smallest absolute Gasteiger partial charge is 0.229 e. The lowest BCUT2D eigenvalue weighted by Gasteiger charge is -2.41. The van der Waals surface area contributed by atoms with E-state index in [-0.39, 0.29) is 37.4 Å². The van der Waals surface area contributed by atoms with Gasteiger partial charge in [-0.2, -0.15) is 0 Å². The van der Waals surface area contributed by atoms with E-state index in [1.54, 1.807) is 5.01 Å². The Morgan fingerprint density at radius 1 is 1.14 bits per heavy atom. The lowest BCUT2D eigenvalue weighted by Crippen LogP contribution is -2.61. The lowest BCUT2D eigenvalue weighted by molar-refractivity contribution is -0.136. The number of rotatable bonds is 4. The molecule has 7 unspecified atom stereocenters. The number of fused-ring (bicyclic) bond motifs is 1. The molecule has 0 spiro atoms. The van der Waals surface area contributed by atoms with Gasteiger partial charge in [0.1, 0.15) is 12.3 Å². The molecule has 0 saturated carbocycles. The minimum Gasteiger partial charge on any atom is -0.351 e. The molecule has 5 aliphatic rings. The van der Waals surface area contributed by atoms with Crippen molar-refractivity contribution in [3.63, 3.8) is 0 Å². The number of hydrogen-bond donors (Lipinski definition) is 5. The van der Waals surface area contributed by atoms with Crippen molar-refractivity contribution in [2.24, 2.45) is 23.5 Å². The van der Waals surface area contributed by atoms with Gasteiger partial charge < -0.3 is 26.2 Å². The number of amides is 2. The molecule has 2 amide bonds. The van der Waals surface area contributed by atoms with Gasteiger partial charge in [-0.05, 0) is 39.4 Å². The monoisotopic (exact) mass is 510 g/mol. The fourth-order valence-electron chi connectivity index (χ4n) is 6.47. The van der Waals surface area contributed by atoms with E-state index in [0.29, 0.717) is 26.1 Å². The predicted octanol–water partition coefficient (Wildman–Crippen LogP) is -1.48. The van der Waals surface area contributed by atoms with E-state index >= 15 is 4.39 Å². The Kier molecular flexibility index (Phi) is 7.89. The second-order valence-electron chi connectivity index (χ2n) is 11.0. The SMILES string of the molecule is CN1CCC(C(=O)N2CC=C(C3C(F)CNCC3NC(=O)C3C(N)NN4CC(F)CNC34)CC2)CC1. The predicted molar refractivity (Wildman–Crippen MR) is 131 cm³/mol. The standard InChI is InChI=1S/C24H40F2N8O2/c1-32-6-2-15(3-7-32)24(36)33-8-4-14(5-9-33)19-17(26)11-28-12-18(19)30-23(35)20-21(27)31-34-13-16(25)10-29-22(20)34/h4,15-22,28-29,31H,2-3,5-13,27H2,1H3,(H,30,35). The molecule has 5 heterocycles. The number of nitrogens with one attached hydrogen (secondary N) is 4. The molecule has 4 fully saturated rings. The molecule has 0 aromatic rings. The summed E-state index contributed by atoms with van der Waals surface area (Å²) in [7, 11) is 2.08. The van der Waals surface area contributed by atoms with Crippen LogP contribution in [0.2, 0.25) is 0 Å². The molecule has 0 radical (unpaired) electrons. The molecule has 0 aromatic carbocycles. The number of nitrogens with zero attached hydrogens (tertiary/aromatic N) is 3. The summed E-state index contributed by atoms with van der Waals surface area (Å²) >= 11 is 0. The van der Waals surface area contributed by atoms with Crippen LogP contribution in [0, 0.1) is 17.8 Å². The van der Waals surface area contributed by atoms with Crippen LogP contribution in [0.15, 0.2) is 11.6 Å². The van der Waals surface area contributed by atoms with Gasteiger partial charge in [0, 0.05) is 51.1 Å². The zero-order valence-corrected chi connectivity index (χ0v) is 21.0. The van der Waals surface area contributed by atoms with Crippen LogP contribution in [-0.4, -0.2) is 117 Å². The third kappa shape index (κ3) is 5.30. The van der Waals surface area contributed by atoms with Gasteiger partial charge >= 0.3 is 0 Å². The van der Waals surface area contributed by atoms with Crippen molar-refractivity contribution in [3.8, 4) is 0 Å². The molecule has 36 heavy (non-hydrogen) atoms. The van der Waals surface area contributed by atoms with E-state index in [9.17, 15) is 14.0 Å². The van der Waals surface area contributed by atoms with E-state index in [2.05, 4.69) is 33.3 Å². The Morgan fingerprint density at radius 3 is 2.64 bits per heavy atom. The topological polar surface area (TPSA) is 118 Å². The highest BCUT2D eigenvalue weighted by molar-refractivity contribution is 5.81. The molecule has 0 aliphatic carbocycles. The fraction of sp³-hybridized carbons (Fsp3) is 0.833. The van der Waals surface area contributed by atoms with Crippen molar-refractivity contribution in [1.29, 1.82) is 0 Å². The summed E-state index contributed by atoms with van der Waals surface area (Å²) in [6.45, 7) is 3.96. The summed E-state index contributed by atoms with van der Waals surface area (Å²) in [5, 5.41) is 10.9. The number of alkyl halides is 2. The van der Waals surface area contributed by atoms with Gasteiger partial charge in [0.15, 0.2) is 0 Å². The minimum atomic E-state index is -1.14. The van der Waals surface area contributed by atoms with Gasteiger partial charge in [0.2, 0.25) is 11.8 Å². The maximum Gasteiger partial charge on any atom is 0.229 e. The summed E-state index contributed by atoms with van der Waals surface area (Å²) in [6.07, 6.45) is 1.13. The van der Waals surface area contributed by atoms with Crippen molar-refractivity contribution in [2.75, 3.05) is 59.4 Å². The van der Waals surface area contributed by atoms with Crippen molar-refractivity contribution >= 4 is 11.8 Å². The normalized spacial score (nSPS) is 38.9. The van der Waals surface area contributed by atoms with Crippen molar-refractivity contribution in [2.45, 2.75) is 50.0 Å². The molecule has 5 rings (SSSR count).